The van der Waals surface area contributed by atoms with E-state index in [1.165, 1.54) is 25.7 Å². The van der Waals surface area contributed by atoms with E-state index < -0.39 is 0 Å². The van der Waals surface area contributed by atoms with Gasteiger partial charge < -0.3 is 19.9 Å². The number of rotatable bonds is 4. The van der Waals surface area contributed by atoms with E-state index >= 15 is 0 Å². The van der Waals surface area contributed by atoms with Gasteiger partial charge >= 0.3 is 0 Å². The largest absolute Gasteiger partial charge is 0.381 e. The fraction of sp³-hybridized carbons (Fsp3) is 0.875. The number of aliphatic imine (C=N–C) groups is 1. The van der Waals surface area contributed by atoms with E-state index in [1.807, 2.05) is 0 Å². The molecule has 2 atom stereocenters. The number of carbonyl (C=O) groups is 1. The SMILES string of the molecule is CN(C)C(=O)CN=C(NC1CC1)N1CCC(C2CCOC2)C1. The number of hydrogen-bond donors (Lipinski definition) is 1. The number of amides is 1. The second-order valence-electron chi connectivity index (χ2n) is 6.97. The van der Waals surface area contributed by atoms with Crippen molar-refractivity contribution in [3.05, 3.63) is 0 Å². The minimum atomic E-state index is 0.0510. The van der Waals surface area contributed by atoms with Crippen molar-refractivity contribution >= 4 is 11.9 Å². The van der Waals surface area contributed by atoms with Crippen LogP contribution in [0.25, 0.3) is 0 Å². The van der Waals surface area contributed by atoms with Crippen molar-refractivity contribution in [2.24, 2.45) is 16.8 Å². The molecule has 3 fully saturated rings. The van der Waals surface area contributed by atoms with Gasteiger partial charge in [0.15, 0.2) is 5.96 Å². The predicted octanol–water partition coefficient (Wildman–Crippen LogP) is 0.541. The summed E-state index contributed by atoms with van der Waals surface area (Å²) in [5.74, 6) is 2.39. The molecule has 6 nitrogen and oxygen atoms in total. The number of ether oxygens (including phenoxy) is 1. The quantitative estimate of drug-likeness (QED) is 0.608. The minimum Gasteiger partial charge on any atom is -0.381 e. The second-order valence-corrected chi connectivity index (χ2v) is 6.97. The van der Waals surface area contributed by atoms with Crippen LogP contribution in [0, 0.1) is 11.8 Å². The fourth-order valence-electron chi connectivity index (χ4n) is 3.22. The van der Waals surface area contributed by atoms with Gasteiger partial charge in [-0.1, -0.05) is 0 Å². The Hall–Kier alpha value is -1.30. The maximum absolute atomic E-state index is 11.8. The summed E-state index contributed by atoms with van der Waals surface area (Å²) >= 11 is 0. The van der Waals surface area contributed by atoms with Crippen LogP contribution in [-0.4, -0.2) is 74.7 Å². The molecule has 3 rings (SSSR count). The number of nitrogens with zero attached hydrogens (tertiary/aromatic N) is 3. The Morgan fingerprint density at radius 2 is 2.09 bits per heavy atom. The van der Waals surface area contributed by atoms with Crippen LogP contribution < -0.4 is 5.32 Å². The standard InChI is InChI=1S/C16H28N4O2/c1-19(2)15(21)9-17-16(18-14-3-4-14)20-7-5-12(10-20)13-6-8-22-11-13/h12-14H,3-11H2,1-2H3,(H,17,18). The fourth-order valence-corrected chi connectivity index (χ4v) is 3.22. The molecule has 1 N–H and O–H groups in total. The monoisotopic (exact) mass is 308 g/mol. The molecule has 22 heavy (non-hydrogen) atoms. The topological polar surface area (TPSA) is 57.2 Å². The summed E-state index contributed by atoms with van der Waals surface area (Å²) in [5.41, 5.74) is 0. The highest BCUT2D eigenvalue weighted by Crippen LogP contribution is 2.30. The van der Waals surface area contributed by atoms with Crippen LogP contribution in [0.5, 0.6) is 0 Å². The van der Waals surface area contributed by atoms with E-state index in [9.17, 15) is 4.79 Å². The lowest BCUT2D eigenvalue weighted by atomic mass is 9.91. The molecule has 1 amide bonds. The molecule has 2 heterocycles. The van der Waals surface area contributed by atoms with Gasteiger partial charge in [0.25, 0.3) is 0 Å². The van der Waals surface area contributed by atoms with Crippen molar-refractivity contribution in [3.63, 3.8) is 0 Å². The lowest BCUT2D eigenvalue weighted by Crippen LogP contribution is -2.42. The molecule has 0 spiro atoms. The highest BCUT2D eigenvalue weighted by molar-refractivity contribution is 5.85. The summed E-state index contributed by atoms with van der Waals surface area (Å²) in [4.78, 5) is 20.3. The van der Waals surface area contributed by atoms with Gasteiger partial charge in [-0.25, -0.2) is 4.99 Å². The Kier molecular flexibility index (Phi) is 4.86. The third-order valence-corrected chi connectivity index (χ3v) is 4.93. The molecule has 3 aliphatic rings. The van der Waals surface area contributed by atoms with Gasteiger partial charge in [0.05, 0.1) is 0 Å². The van der Waals surface area contributed by atoms with Crippen LogP contribution in [0.1, 0.15) is 25.7 Å². The molecule has 2 aliphatic heterocycles. The van der Waals surface area contributed by atoms with E-state index in [4.69, 9.17) is 4.74 Å². The lowest BCUT2D eigenvalue weighted by molar-refractivity contribution is -0.127. The smallest absolute Gasteiger partial charge is 0.243 e. The van der Waals surface area contributed by atoms with Gasteiger partial charge in [-0.15, -0.1) is 0 Å². The molecule has 0 radical (unpaired) electrons. The first-order valence-electron chi connectivity index (χ1n) is 8.47. The molecule has 0 aromatic rings. The molecular formula is C16H28N4O2. The molecule has 0 bridgehead atoms. The van der Waals surface area contributed by atoms with E-state index in [2.05, 4.69) is 15.2 Å². The van der Waals surface area contributed by atoms with Crippen molar-refractivity contribution in [1.82, 2.24) is 15.1 Å². The first kappa shape index (κ1) is 15.6. The van der Waals surface area contributed by atoms with Crippen molar-refractivity contribution in [2.75, 3.05) is 46.9 Å². The number of carbonyl (C=O) groups excluding carboxylic acids is 1. The summed E-state index contributed by atoms with van der Waals surface area (Å²) in [5, 5.41) is 3.51. The zero-order valence-corrected chi connectivity index (χ0v) is 13.8. The number of nitrogens with one attached hydrogen (secondary N) is 1. The van der Waals surface area contributed by atoms with Crippen LogP contribution in [0.2, 0.25) is 0 Å². The van der Waals surface area contributed by atoms with Gasteiger partial charge in [-0.3, -0.25) is 4.79 Å². The average molecular weight is 308 g/mol. The third-order valence-electron chi connectivity index (χ3n) is 4.93. The minimum absolute atomic E-state index is 0.0510. The van der Waals surface area contributed by atoms with E-state index in [1.54, 1.807) is 19.0 Å². The number of hydrogen-bond acceptors (Lipinski definition) is 3. The van der Waals surface area contributed by atoms with Crippen molar-refractivity contribution in [1.29, 1.82) is 0 Å². The molecule has 2 unspecified atom stereocenters. The van der Waals surface area contributed by atoms with Crippen molar-refractivity contribution in [3.8, 4) is 0 Å². The average Bonchev–Trinajstić information content (AvgIpc) is 2.98. The van der Waals surface area contributed by atoms with E-state index in [0.717, 1.165) is 32.3 Å². The highest BCUT2D eigenvalue weighted by Gasteiger charge is 2.34. The van der Waals surface area contributed by atoms with Gasteiger partial charge in [0, 0.05) is 46.4 Å². The maximum Gasteiger partial charge on any atom is 0.243 e. The molecule has 6 heteroatoms. The van der Waals surface area contributed by atoms with Crippen LogP contribution in [-0.2, 0) is 9.53 Å². The molecule has 0 aromatic carbocycles. The van der Waals surface area contributed by atoms with Gasteiger partial charge in [-0.2, -0.15) is 0 Å². The molecule has 0 aromatic heterocycles. The van der Waals surface area contributed by atoms with Crippen LogP contribution in [0.15, 0.2) is 4.99 Å². The van der Waals surface area contributed by atoms with Gasteiger partial charge in [-0.05, 0) is 37.5 Å². The summed E-state index contributed by atoms with van der Waals surface area (Å²) in [6, 6.07) is 0.557. The highest BCUT2D eigenvalue weighted by atomic mass is 16.5. The maximum atomic E-state index is 11.8. The first-order chi connectivity index (χ1) is 10.6. The second kappa shape index (κ2) is 6.86. The zero-order valence-electron chi connectivity index (χ0n) is 13.8. The predicted molar refractivity (Wildman–Crippen MR) is 85.8 cm³/mol. The molecular weight excluding hydrogens is 280 g/mol. The number of guanidine groups is 1. The number of likely N-dealkylation sites (N-methyl/N-ethyl adjacent to an activating group) is 1. The molecule has 2 saturated heterocycles. The normalized spacial score (nSPS) is 29.0. The molecule has 124 valence electrons. The Labute approximate surface area is 132 Å². The third kappa shape index (κ3) is 3.91. The van der Waals surface area contributed by atoms with Crippen LogP contribution >= 0.6 is 0 Å². The summed E-state index contributed by atoms with van der Waals surface area (Å²) in [7, 11) is 3.55. The first-order valence-corrected chi connectivity index (χ1v) is 8.47. The van der Waals surface area contributed by atoms with E-state index in [-0.39, 0.29) is 12.5 Å². The Bertz CT molecular complexity index is 428. The number of likely N-dealkylation sites (tertiary alicyclic amines) is 1. The van der Waals surface area contributed by atoms with Gasteiger partial charge in [0.1, 0.15) is 6.54 Å². The van der Waals surface area contributed by atoms with Crippen molar-refractivity contribution < 1.29 is 9.53 Å². The Morgan fingerprint density at radius 1 is 1.27 bits per heavy atom. The van der Waals surface area contributed by atoms with Gasteiger partial charge in [0.2, 0.25) is 5.91 Å². The molecule has 1 aliphatic carbocycles. The zero-order chi connectivity index (χ0) is 15.5. The van der Waals surface area contributed by atoms with Crippen LogP contribution in [0.3, 0.4) is 0 Å². The lowest BCUT2D eigenvalue weighted by Gasteiger charge is -2.23. The summed E-state index contributed by atoms with van der Waals surface area (Å²) in [6.45, 7) is 4.15. The summed E-state index contributed by atoms with van der Waals surface area (Å²) < 4.78 is 5.53. The molecule has 1 saturated carbocycles. The van der Waals surface area contributed by atoms with E-state index in [0.29, 0.717) is 17.9 Å². The Morgan fingerprint density at radius 3 is 2.73 bits per heavy atom. The van der Waals surface area contributed by atoms with Crippen molar-refractivity contribution in [2.45, 2.75) is 31.7 Å². The van der Waals surface area contributed by atoms with Crippen LogP contribution in [0.4, 0.5) is 0 Å². The summed E-state index contributed by atoms with van der Waals surface area (Å²) in [6.07, 6.45) is 4.84. The Balaban J connectivity index is 1.59.